The van der Waals surface area contributed by atoms with Crippen LogP contribution in [0.4, 0.5) is 0 Å². The summed E-state index contributed by atoms with van der Waals surface area (Å²) in [6, 6.07) is 9.07. The molecule has 1 heterocycles. The maximum atomic E-state index is 4.44. The first kappa shape index (κ1) is 11.4. The quantitative estimate of drug-likeness (QED) is 0.903. The standard InChI is InChI=1S/C17H20N2/c1-18-17(14-7-12-6-13(12)8-14)16-10-19-9-11-4-2-3-5-15(11)16/h2-5,9-10,12-14,17-18H,6-8H2,1H3. The van der Waals surface area contributed by atoms with E-state index in [1.807, 2.05) is 6.20 Å². The average Bonchev–Trinajstić information content (AvgIpc) is 3.07. The monoisotopic (exact) mass is 252 g/mol. The fourth-order valence-electron chi connectivity index (χ4n) is 4.07. The number of nitrogens with one attached hydrogen (secondary N) is 1. The summed E-state index contributed by atoms with van der Waals surface area (Å²) < 4.78 is 0. The Kier molecular flexibility index (Phi) is 2.59. The molecule has 0 saturated heterocycles. The summed E-state index contributed by atoms with van der Waals surface area (Å²) in [5, 5.41) is 6.17. The lowest BCUT2D eigenvalue weighted by Gasteiger charge is -2.25. The molecule has 1 aromatic heterocycles. The van der Waals surface area contributed by atoms with Crippen LogP contribution >= 0.6 is 0 Å². The SMILES string of the molecule is CNC(c1cncc2ccccc12)C1CC2CC2C1. The van der Waals surface area contributed by atoms with Gasteiger partial charge in [-0.15, -0.1) is 0 Å². The van der Waals surface area contributed by atoms with E-state index >= 15 is 0 Å². The van der Waals surface area contributed by atoms with Crippen LogP contribution in [-0.4, -0.2) is 12.0 Å². The lowest BCUT2D eigenvalue weighted by molar-refractivity contribution is 0.361. The van der Waals surface area contributed by atoms with E-state index in [1.165, 1.54) is 35.6 Å². The zero-order chi connectivity index (χ0) is 12.8. The fraction of sp³-hybridized carbons (Fsp3) is 0.471. The molecule has 2 heteroatoms. The Morgan fingerprint density at radius 1 is 1.11 bits per heavy atom. The normalized spacial score (nSPS) is 30.3. The van der Waals surface area contributed by atoms with Gasteiger partial charge in [0.25, 0.3) is 0 Å². The van der Waals surface area contributed by atoms with E-state index in [0.717, 1.165) is 17.8 Å². The molecule has 19 heavy (non-hydrogen) atoms. The highest BCUT2D eigenvalue weighted by atomic mass is 14.9. The van der Waals surface area contributed by atoms with Crippen LogP contribution in [0.1, 0.15) is 30.9 Å². The topological polar surface area (TPSA) is 24.9 Å². The van der Waals surface area contributed by atoms with E-state index in [4.69, 9.17) is 0 Å². The average molecular weight is 252 g/mol. The summed E-state index contributed by atoms with van der Waals surface area (Å²) in [6.07, 6.45) is 8.32. The third kappa shape index (κ3) is 1.86. The Hall–Kier alpha value is -1.41. The van der Waals surface area contributed by atoms with Crippen LogP contribution in [0.5, 0.6) is 0 Å². The van der Waals surface area contributed by atoms with Crippen molar-refractivity contribution in [2.24, 2.45) is 17.8 Å². The molecule has 0 amide bonds. The predicted octanol–water partition coefficient (Wildman–Crippen LogP) is 3.54. The third-order valence-corrected chi connectivity index (χ3v) is 5.10. The van der Waals surface area contributed by atoms with Crippen molar-refractivity contribution in [2.45, 2.75) is 25.3 Å². The molecule has 98 valence electrons. The van der Waals surface area contributed by atoms with Gasteiger partial charge in [0.05, 0.1) is 0 Å². The van der Waals surface area contributed by atoms with Crippen molar-refractivity contribution >= 4 is 10.8 Å². The highest BCUT2D eigenvalue weighted by Gasteiger charge is 2.48. The molecule has 2 aromatic rings. The summed E-state index contributed by atoms with van der Waals surface area (Å²) >= 11 is 0. The number of hydrogen-bond acceptors (Lipinski definition) is 2. The highest BCUT2D eigenvalue weighted by molar-refractivity contribution is 5.85. The van der Waals surface area contributed by atoms with Crippen LogP contribution < -0.4 is 5.32 Å². The van der Waals surface area contributed by atoms with Gasteiger partial charge in [-0.2, -0.15) is 0 Å². The van der Waals surface area contributed by atoms with Crippen molar-refractivity contribution in [1.29, 1.82) is 0 Å². The Bertz CT molecular complexity index is 592. The molecule has 1 N–H and O–H groups in total. The van der Waals surface area contributed by atoms with Crippen LogP contribution in [0.25, 0.3) is 10.8 Å². The van der Waals surface area contributed by atoms with E-state index in [0.29, 0.717) is 6.04 Å². The largest absolute Gasteiger partial charge is 0.313 e. The van der Waals surface area contributed by atoms with Crippen molar-refractivity contribution in [2.75, 3.05) is 7.05 Å². The molecule has 0 bridgehead atoms. The van der Waals surface area contributed by atoms with Gasteiger partial charge in [-0.05, 0) is 55.0 Å². The minimum atomic E-state index is 0.464. The minimum absolute atomic E-state index is 0.464. The first-order valence-electron chi connectivity index (χ1n) is 7.36. The Labute approximate surface area is 114 Å². The van der Waals surface area contributed by atoms with Crippen molar-refractivity contribution in [3.63, 3.8) is 0 Å². The molecular weight excluding hydrogens is 232 g/mol. The van der Waals surface area contributed by atoms with Gasteiger partial charge < -0.3 is 5.32 Å². The second kappa shape index (κ2) is 4.31. The zero-order valence-electron chi connectivity index (χ0n) is 11.3. The number of benzene rings is 1. The number of hydrogen-bond donors (Lipinski definition) is 1. The van der Waals surface area contributed by atoms with Gasteiger partial charge in [0.15, 0.2) is 0 Å². The van der Waals surface area contributed by atoms with Gasteiger partial charge in [-0.3, -0.25) is 4.98 Å². The molecule has 4 rings (SSSR count). The second-order valence-electron chi connectivity index (χ2n) is 6.20. The number of fused-ring (bicyclic) bond motifs is 2. The summed E-state index contributed by atoms with van der Waals surface area (Å²) in [7, 11) is 2.09. The molecule has 2 aliphatic carbocycles. The van der Waals surface area contributed by atoms with Crippen molar-refractivity contribution in [3.8, 4) is 0 Å². The van der Waals surface area contributed by atoms with Crippen molar-refractivity contribution < 1.29 is 0 Å². The number of rotatable bonds is 3. The maximum absolute atomic E-state index is 4.44. The van der Waals surface area contributed by atoms with E-state index in [2.05, 4.69) is 47.8 Å². The van der Waals surface area contributed by atoms with E-state index in [9.17, 15) is 0 Å². The molecule has 0 spiro atoms. The molecule has 0 aliphatic heterocycles. The van der Waals surface area contributed by atoms with Gasteiger partial charge in [0, 0.05) is 23.8 Å². The molecule has 3 unspecified atom stereocenters. The molecule has 2 saturated carbocycles. The summed E-state index contributed by atoms with van der Waals surface area (Å²) in [4.78, 5) is 4.44. The van der Waals surface area contributed by atoms with Crippen molar-refractivity contribution in [1.82, 2.24) is 10.3 Å². The summed E-state index contributed by atoms with van der Waals surface area (Å²) in [6.45, 7) is 0. The van der Waals surface area contributed by atoms with Gasteiger partial charge in [0.1, 0.15) is 0 Å². The van der Waals surface area contributed by atoms with Crippen LogP contribution in [0.3, 0.4) is 0 Å². The molecular formula is C17H20N2. The zero-order valence-corrected chi connectivity index (χ0v) is 11.3. The lowest BCUT2D eigenvalue weighted by Crippen LogP contribution is -2.25. The molecule has 0 radical (unpaired) electrons. The fourth-order valence-corrected chi connectivity index (χ4v) is 4.07. The first-order chi connectivity index (χ1) is 9.36. The summed E-state index contributed by atoms with van der Waals surface area (Å²) in [5.41, 5.74) is 1.38. The van der Waals surface area contributed by atoms with Crippen LogP contribution in [0, 0.1) is 17.8 Å². The predicted molar refractivity (Wildman–Crippen MR) is 77.9 cm³/mol. The van der Waals surface area contributed by atoms with E-state index < -0.39 is 0 Å². The van der Waals surface area contributed by atoms with Crippen LogP contribution in [0.2, 0.25) is 0 Å². The molecule has 2 nitrogen and oxygen atoms in total. The van der Waals surface area contributed by atoms with Crippen LogP contribution in [-0.2, 0) is 0 Å². The number of nitrogens with zero attached hydrogens (tertiary/aromatic N) is 1. The van der Waals surface area contributed by atoms with Gasteiger partial charge in [-0.1, -0.05) is 24.3 Å². The second-order valence-corrected chi connectivity index (χ2v) is 6.20. The smallest absolute Gasteiger partial charge is 0.0367 e. The molecule has 3 atom stereocenters. The van der Waals surface area contributed by atoms with Gasteiger partial charge >= 0.3 is 0 Å². The van der Waals surface area contributed by atoms with E-state index in [1.54, 1.807) is 0 Å². The minimum Gasteiger partial charge on any atom is -0.313 e. The first-order valence-corrected chi connectivity index (χ1v) is 7.36. The third-order valence-electron chi connectivity index (χ3n) is 5.10. The van der Waals surface area contributed by atoms with E-state index in [-0.39, 0.29) is 0 Å². The maximum Gasteiger partial charge on any atom is 0.0367 e. The van der Waals surface area contributed by atoms with Gasteiger partial charge in [-0.25, -0.2) is 0 Å². The Balaban J connectivity index is 1.74. The number of aromatic nitrogens is 1. The Morgan fingerprint density at radius 2 is 1.89 bits per heavy atom. The van der Waals surface area contributed by atoms with Crippen LogP contribution in [0.15, 0.2) is 36.7 Å². The highest BCUT2D eigenvalue weighted by Crippen LogP contribution is 2.57. The van der Waals surface area contributed by atoms with Crippen molar-refractivity contribution in [3.05, 3.63) is 42.2 Å². The molecule has 2 fully saturated rings. The van der Waals surface area contributed by atoms with Gasteiger partial charge in [0.2, 0.25) is 0 Å². The number of pyridine rings is 1. The molecule has 1 aromatic carbocycles. The summed E-state index contributed by atoms with van der Waals surface area (Å²) in [5.74, 6) is 2.86. The lowest BCUT2D eigenvalue weighted by atomic mass is 9.88. The molecule has 2 aliphatic rings. The Morgan fingerprint density at radius 3 is 2.68 bits per heavy atom.